The van der Waals surface area contributed by atoms with Crippen LogP contribution >= 0.6 is 0 Å². The number of aliphatic hydroxyl groups is 1. The Balaban J connectivity index is 2.92. The summed E-state index contributed by atoms with van der Waals surface area (Å²) in [5, 5.41) is 11.6. The van der Waals surface area contributed by atoms with Crippen LogP contribution < -0.4 is 10.1 Å². The minimum absolute atomic E-state index is 0.117. The molecule has 0 spiro atoms. The van der Waals surface area contributed by atoms with Crippen LogP contribution in [0.2, 0.25) is 0 Å². The molecule has 23 heavy (non-hydrogen) atoms. The molecule has 0 aliphatic heterocycles. The highest BCUT2D eigenvalue weighted by atomic mass is 19.4. The van der Waals surface area contributed by atoms with Gasteiger partial charge in [-0.05, 0) is 44.5 Å². The molecule has 0 aromatic heterocycles. The Labute approximate surface area is 132 Å². The first-order valence-electron chi connectivity index (χ1n) is 6.84. The molecule has 0 bridgehead atoms. The molecule has 1 atom stereocenters. The number of anilines is 1. The topological polar surface area (TPSA) is 67.8 Å². The summed E-state index contributed by atoms with van der Waals surface area (Å²) in [6.07, 6.45) is -8.67. The zero-order chi connectivity index (χ0) is 17.8. The first kappa shape index (κ1) is 19.1. The van der Waals surface area contributed by atoms with Gasteiger partial charge in [0, 0.05) is 12.1 Å². The number of halogens is 3. The lowest BCUT2D eigenvalue weighted by Gasteiger charge is -2.20. The van der Waals surface area contributed by atoms with Crippen molar-refractivity contribution >= 4 is 11.8 Å². The van der Waals surface area contributed by atoms with Crippen LogP contribution in [0.25, 0.3) is 0 Å². The monoisotopic (exact) mass is 335 g/mol. The fraction of sp³-hybridized carbons (Fsp3) is 0.533. The lowest BCUT2D eigenvalue weighted by Crippen LogP contribution is -2.30. The predicted molar refractivity (Wildman–Crippen MR) is 78.6 cm³/mol. The van der Waals surface area contributed by atoms with Gasteiger partial charge in [0.25, 0.3) is 0 Å². The highest BCUT2D eigenvalue weighted by Crippen LogP contribution is 2.29. The normalized spacial score (nSPS) is 13.4. The number of ether oxygens (including phenoxy) is 2. The summed E-state index contributed by atoms with van der Waals surface area (Å²) in [5.41, 5.74) is -0.346. The molecule has 0 aliphatic rings. The van der Waals surface area contributed by atoms with Crippen LogP contribution in [0.4, 0.5) is 23.7 Å². The summed E-state index contributed by atoms with van der Waals surface area (Å²) >= 11 is 0. The standard InChI is InChI=1S/C15H20F3NO4/c1-14(2,3)23-13(21)19-10-5-6-11(22-4)9(7-10)8-12(20)15(16,17)18/h5-7,12,20H,8H2,1-4H3,(H,19,21). The van der Waals surface area contributed by atoms with Crippen molar-refractivity contribution in [1.29, 1.82) is 0 Å². The molecule has 1 amide bonds. The molecule has 0 saturated heterocycles. The van der Waals surface area contributed by atoms with E-state index in [0.717, 1.165) is 0 Å². The Morgan fingerprint density at radius 2 is 1.91 bits per heavy atom. The van der Waals surface area contributed by atoms with Crippen molar-refractivity contribution in [1.82, 2.24) is 0 Å². The van der Waals surface area contributed by atoms with E-state index in [9.17, 15) is 23.1 Å². The van der Waals surface area contributed by atoms with Gasteiger partial charge in [0.2, 0.25) is 0 Å². The SMILES string of the molecule is COc1ccc(NC(=O)OC(C)(C)C)cc1CC(O)C(F)(F)F. The second kappa shape index (κ2) is 7.08. The quantitative estimate of drug-likeness (QED) is 0.884. The minimum atomic E-state index is -4.74. The van der Waals surface area contributed by atoms with Gasteiger partial charge in [-0.2, -0.15) is 13.2 Å². The van der Waals surface area contributed by atoms with Crippen molar-refractivity contribution in [3.8, 4) is 5.75 Å². The van der Waals surface area contributed by atoms with E-state index in [4.69, 9.17) is 9.47 Å². The Kier molecular flexibility index (Phi) is 5.87. The largest absolute Gasteiger partial charge is 0.496 e. The number of hydrogen-bond donors (Lipinski definition) is 2. The third-order valence-electron chi connectivity index (χ3n) is 2.72. The second-order valence-corrected chi connectivity index (χ2v) is 5.92. The molecule has 0 aliphatic carbocycles. The van der Waals surface area contributed by atoms with Gasteiger partial charge in [-0.25, -0.2) is 4.79 Å². The number of alkyl halides is 3. The number of hydrogen-bond acceptors (Lipinski definition) is 4. The van der Waals surface area contributed by atoms with Gasteiger partial charge in [0.1, 0.15) is 11.4 Å². The van der Waals surface area contributed by atoms with E-state index in [2.05, 4.69) is 5.32 Å². The Morgan fingerprint density at radius 3 is 2.39 bits per heavy atom. The Bertz CT molecular complexity index is 553. The van der Waals surface area contributed by atoms with Crippen LogP contribution in [0.5, 0.6) is 5.75 Å². The number of amides is 1. The molecule has 0 saturated carbocycles. The van der Waals surface area contributed by atoms with Crippen molar-refractivity contribution in [3.05, 3.63) is 23.8 Å². The Hall–Kier alpha value is -1.96. The molecule has 1 rings (SSSR count). The van der Waals surface area contributed by atoms with E-state index >= 15 is 0 Å². The molecule has 1 unspecified atom stereocenters. The Morgan fingerprint density at radius 1 is 1.30 bits per heavy atom. The van der Waals surface area contributed by atoms with E-state index in [0.29, 0.717) is 0 Å². The highest BCUT2D eigenvalue weighted by molar-refractivity contribution is 5.85. The van der Waals surface area contributed by atoms with Crippen molar-refractivity contribution in [3.63, 3.8) is 0 Å². The van der Waals surface area contributed by atoms with Crippen LogP contribution in [0.15, 0.2) is 18.2 Å². The number of benzene rings is 1. The van der Waals surface area contributed by atoms with Gasteiger partial charge >= 0.3 is 12.3 Å². The molecular weight excluding hydrogens is 315 g/mol. The number of aliphatic hydroxyl groups excluding tert-OH is 1. The molecular formula is C15H20F3NO4. The maximum absolute atomic E-state index is 12.5. The second-order valence-electron chi connectivity index (χ2n) is 5.92. The summed E-state index contributed by atoms with van der Waals surface area (Å²) in [6.45, 7) is 5.06. The average Bonchev–Trinajstić information content (AvgIpc) is 2.35. The number of carbonyl (C=O) groups excluding carboxylic acids is 1. The summed E-state index contributed by atoms with van der Waals surface area (Å²) in [4.78, 5) is 11.7. The van der Waals surface area contributed by atoms with E-state index < -0.39 is 30.4 Å². The van der Waals surface area contributed by atoms with Gasteiger partial charge in [-0.1, -0.05) is 0 Å². The molecule has 1 aromatic carbocycles. The first-order valence-corrected chi connectivity index (χ1v) is 6.84. The van der Waals surface area contributed by atoms with Crippen LogP contribution in [-0.2, 0) is 11.2 Å². The third-order valence-corrected chi connectivity index (χ3v) is 2.72. The minimum Gasteiger partial charge on any atom is -0.496 e. The van der Waals surface area contributed by atoms with Crippen LogP contribution in [-0.4, -0.2) is 36.2 Å². The third kappa shape index (κ3) is 6.35. The van der Waals surface area contributed by atoms with Gasteiger partial charge in [-0.15, -0.1) is 0 Å². The number of methoxy groups -OCH3 is 1. The molecule has 0 fully saturated rings. The van der Waals surface area contributed by atoms with Crippen LogP contribution in [0.3, 0.4) is 0 Å². The van der Waals surface area contributed by atoms with Gasteiger partial charge in [0.05, 0.1) is 7.11 Å². The van der Waals surface area contributed by atoms with Gasteiger partial charge in [-0.3, -0.25) is 5.32 Å². The molecule has 2 N–H and O–H groups in total. The van der Waals surface area contributed by atoms with E-state index in [1.165, 1.54) is 25.3 Å². The van der Waals surface area contributed by atoms with Gasteiger partial charge in [0.15, 0.2) is 6.10 Å². The summed E-state index contributed by atoms with van der Waals surface area (Å²) in [7, 11) is 1.31. The maximum Gasteiger partial charge on any atom is 0.414 e. The van der Waals surface area contributed by atoms with E-state index in [1.807, 2.05) is 0 Å². The van der Waals surface area contributed by atoms with Crippen molar-refractivity contribution in [2.45, 2.75) is 45.1 Å². The fourth-order valence-electron chi connectivity index (χ4n) is 1.76. The highest BCUT2D eigenvalue weighted by Gasteiger charge is 2.38. The maximum atomic E-state index is 12.5. The zero-order valence-corrected chi connectivity index (χ0v) is 13.3. The first-order chi connectivity index (χ1) is 10.4. The summed E-state index contributed by atoms with van der Waals surface area (Å²) in [6, 6.07) is 4.18. The average molecular weight is 335 g/mol. The number of nitrogens with one attached hydrogen (secondary N) is 1. The molecule has 1 aromatic rings. The van der Waals surface area contributed by atoms with Crippen LogP contribution in [0, 0.1) is 0 Å². The number of carbonyl (C=O) groups is 1. The van der Waals surface area contributed by atoms with E-state index in [-0.39, 0.29) is 17.0 Å². The molecule has 8 heteroatoms. The van der Waals surface area contributed by atoms with Crippen LogP contribution in [0.1, 0.15) is 26.3 Å². The lowest BCUT2D eigenvalue weighted by molar-refractivity contribution is -0.203. The smallest absolute Gasteiger partial charge is 0.414 e. The molecule has 130 valence electrons. The molecule has 0 heterocycles. The van der Waals surface area contributed by atoms with Gasteiger partial charge < -0.3 is 14.6 Å². The van der Waals surface area contributed by atoms with Crippen molar-refractivity contribution in [2.75, 3.05) is 12.4 Å². The number of rotatable bonds is 4. The predicted octanol–water partition coefficient (Wildman–Crippen LogP) is 3.51. The fourth-order valence-corrected chi connectivity index (χ4v) is 1.76. The zero-order valence-electron chi connectivity index (χ0n) is 13.3. The van der Waals surface area contributed by atoms with E-state index in [1.54, 1.807) is 20.8 Å². The van der Waals surface area contributed by atoms with Crippen molar-refractivity contribution < 1.29 is 32.5 Å². The summed E-state index contributed by atoms with van der Waals surface area (Å²) in [5.74, 6) is 0.183. The van der Waals surface area contributed by atoms with Crippen molar-refractivity contribution in [2.24, 2.45) is 0 Å². The molecule has 5 nitrogen and oxygen atoms in total. The summed E-state index contributed by atoms with van der Waals surface area (Å²) < 4.78 is 47.5. The lowest BCUT2D eigenvalue weighted by atomic mass is 10.1. The molecule has 0 radical (unpaired) electrons.